The van der Waals surface area contributed by atoms with Gasteiger partial charge in [0.1, 0.15) is 12.4 Å². The lowest BCUT2D eigenvalue weighted by Crippen LogP contribution is -2.44. The van der Waals surface area contributed by atoms with Crippen LogP contribution in [0.5, 0.6) is 0 Å². The van der Waals surface area contributed by atoms with Crippen molar-refractivity contribution in [1.82, 2.24) is 30.3 Å². The number of rotatable bonds is 9. The number of thiophene rings is 1. The second-order valence-corrected chi connectivity index (χ2v) is 9.28. The molecule has 0 atom stereocenters. The summed E-state index contributed by atoms with van der Waals surface area (Å²) in [6.45, 7) is 13.5. The Balaban J connectivity index is 0.00000341. The van der Waals surface area contributed by atoms with E-state index in [1.807, 2.05) is 18.5 Å². The zero-order valence-electron chi connectivity index (χ0n) is 19.1. The molecule has 3 heterocycles. The molecule has 1 saturated heterocycles. The molecule has 3 rings (SSSR count). The van der Waals surface area contributed by atoms with Crippen LogP contribution >= 0.6 is 35.3 Å². The molecule has 0 aromatic carbocycles. The summed E-state index contributed by atoms with van der Waals surface area (Å²) >= 11 is 1.80. The normalized spacial score (nSPS) is 15.5. The second-order valence-electron chi connectivity index (χ2n) is 8.34. The summed E-state index contributed by atoms with van der Waals surface area (Å²) in [5.74, 6) is 2.58. The number of nitrogens with one attached hydrogen (secondary N) is 2. The van der Waals surface area contributed by atoms with E-state index in [1.165, 1.54) is 4.88 Å². The Hall–Kier alpha value is -1.24. The maximum Gasteiger partial charge on any atom is 0.191 e. The largest absolute Gasteiger partial charge is 0.379 e. The third-order valence-corrected chi connectivity index (χ3v) is 6.73. The van der Waals surface area contributed by atoms with Crippen LogP contribution in [0.15, 0.2) is 22.5 Å². The fourth-order valence-corrected chi connectivity index (χ4v) is 4.15. The SMILES string of the molecule is Cc1nnc(CN=C(NCCCN2CCOCC2)NCC(C)(C)c2cccs2)n1C.I. The molecule has 1 aliphatic rings. The first kappa shape index (κ1) is 26.0. The summed E-state index contributed by atoms with van der Waals surface area (Å²) < 4.78 is 7.41. The second kappa shape index (κ2) is 12.7. The summed E-state index contributed by atoms with van der Waals surface area (Å²) in [6, 6.07) is 4.30. The van der Waals surface area contributed by atoms with E-state index in [2.05, 4.69) is 57.1 Å². The van der Waals surface area contributed by atoms with Crippen molar-refractivity contribution in [2.45, 2.75) is 39.2 Å². The highest BCUT2D eigenvalue weighted by atomic mass is 127. The van der Waals surface area contributed by atoms with Crippen LogP contribution in [0.4, 0.5) is 0 Å². The lowest BCUT2D eigenvalue weighted by atomic mass is 9.91. The molecule has 0 bridgehead atoms. The Morgan fingerprint density at radius 2 is 2.03 bits per heavy atom. The third kappa shape index (κ3) is 7.99. The van der Waals surface area contributed by atoms with Gasteiger partial charge >= 0.3 is 0 Å². The standard InChI is InChI=1S/C21H35N7OS.HI/c1-17-25-26-19(27(17)4)15-23-20(22-8-6-9-28-10-12-29-13-11-28)24-16-21(2,3)18-7-5-14-30-18;/h5,7,14H,6,8-13,15-16H2,1-4H3,(H2,22,23,24);1H. The van der Waals surface area contributed by atoms with Gasteiger partial charge in [-0.05, 0) is 31.3 Å². The van der Waals surface area contributed by atoms with Gasteiger partial charge in [-0.15, -0.1) is 45.5 Å². The molecule has 0 spiro atoms. The molecule has 1 aliphatic heterocycles. The van der Waals surface area contributed by atoms with E-state index in [-0.39, 0.29) is 29.4 Å². The molecule has 174 valence electrons. The van der Waals surface area contributed by atoms with Crippen LogP contribution in [0, 0.1) is 6.92 Å². The number of hydrogen-bond donors (Lipinski definition) is 2. The Bertz CT molecular complexity index is 801. The molecule has 31 heavy (non-hydrogen) atoms. The van der Waals surface area contributed by atoms with Gasteiger partial charge in [-0.25, -0.2) is 4.99 Å². The van der Waals surface area contributed by atoms with Crippen LogP contribution in [-0.2, 0) is 23.7 Å². The number of halogens is 1. The van der Waals surface area contributed by atoms with Crippen molar-refractivity contribution in [2.24, 2.45) is 12.0 Å². The fraction of sp³-hybridized carbons (Fsp3) is 0.667. The molecule has 2 aromatic heterocycles. The molecule has 1 fully saturated rings. The number of aliphatic imine (C=N–C) groups is 1. The van der Waals surface area contributed by atoms with E-state index >= 15 is 0 Å². The molecule has 8 nitrogen and oxygen atoms in total. The average molecular weight is 562 g/mol. The van der Waals surface area contributed by atoms with Crippen LogP contribution in [-0.4, -0.2) is 71.6 Å². The third-order valence-electron chi connectivity index (χ3n) is 5.49. The zero-order chi connectivity index (χ0) is 21.4. The molecule has 10 heteroatoms. The number of hydrogen-bond acceptors (Lipinski definition) is 6. The topological polar surface area (TPSA) is 79.6 Å². The lowest BCUT2D eigenvalue weighted by Gasteiger charge is -2.27. The number of ether oxygens (including phenoxy) is 1. The molecule has 0 radical (unpaired) electrons. The van der Waals surface area contributed by atoms with Gasteiger partial charge in [0.15, 0.2) is 11.8 Å². The Kier molecular flexibility index (Phi) is 10.7. The number of aromatic nitrogens is 3. The van der Waals surface area contributed by atoms with Gasteiger partial charge in [0, 0.05) is 43.5 Å². The minimum Gasteiger partial charge on any atom is -0.379 e. The summed E-state index contributed by atoms with van der Waals surface area (Å²) in [6.07, 6.45) is 1.07. The van der Waals surface area contributed by atoms with Gasteiger partial charge in [0.25, 0.3) is 0 Å². The van der Waals surface area contributed by atoms with E-state index in [4.69, 9.17) is 9.73 Å². The smallest absolute Gasteiger partial charge is 0.191 e. The lowest BCUT2D eigenvalue weighted by molar-refractivity contribution is 0.0376. The monoisotopic (exact) mass is 561 g/mol. The minimum absolute atomic E-state index is 0. The number of morpholine rings is 1. The van der Waals surface area contributed by atoms with Gasteiger partial charge in [-0.2, -0.15) is 0 Å². The first-order valence-electron chi connectivity index (χ1n) is 10.7. The molecule has 2 aromatic rings. The number of guanidine groups is 1. The summed E-state index contributed by atoms with van der Waals surface area (Å²) in [4.78, 5) is 8.60. The zero-order valence-corrected chi connectivity index (χ0v) is 22.2. The quantitative estimate of drug-likeness (QED) is 0.212. The first-order chi connectivity index (χ1) is 14.5. The Labute approximate surface area is 206 Å². The molecule has 0 saturated carbocycles. The minimum atomic E-state index is 0. The van der Waals surface area contributed by atoms with Gasteiger partial charge in [-0.3, -0.25) is 4.90 Å². The maximum atomic E-state index is 5.43. The molecule has 2 N–H and O–H groups in total. The highest BCUT2D eigenvalue weighted by Gasteiger charge is 2.22. The van der Waals surface area contributed by atoms with Crippen molar-refractivity contribution < 1.29 is 4.74 Å². The molecular formula is C21H36IN7OS. The van der Waals surface area contributed by atoms with Crippen LogP contribution in [0.25, 0.3) is 0 Å². The van der Waals surface area contributed by atoms with Gasteiger partial charge in [0.2, 0.25) is 0 Å². The van der Waals surface area contributed by atoms with Crippen molar-refractivity contribution in [2.75, 3.05) is 45.9 Å². The predicted molar refractivity (Wildman–Crippen MR) is 138 cm³/mol. The molecular weight excluding hydrogens is 525 g/mol. The van der Waals surface area contributed by atoms with Crippen LogP contribution in [0.1, 0.15) is 36.8 Å². The highest BCUT2D eigenvalue weighted by molar-refractivity contribution is 14.0. The van der Waals surface area contributed by atoms with E-state index < -0.39 is 0 Å². The van der Waals surface area contributed by atoms with Gasteiger partial charge < -0.3 is 19.9 Å². The molecule has 0 aliphatic carbocycles. The van der Waals surface area contributed by atoms with E-state index in [0.717, 1.165) is 70.0 Å². The maximum absolute atomic E-state index is 5.43. The molecule has 0 amide bonds. The van der Waals surface area contributed by atoms with Crippen molar-refractivity contribution in [3.8, 4) is 0 Å². The van der Waals surface area contributed by atoms with Crippen LogP contribution in [0.2, 0.25) is 0 Å². The van der Waals surface area contributed by atoms with Gasteiger partial charge in [0.05, 0.1) is 13.2 Å². The fourth-order valence-electron chi connectivity index (χ4n) is 3.30. The van der Waals surface area contributed by atoms with Gasteiger partial charge in [-0.1, -0.05) is 19.9 Å². The number of nitrogens with zero attached hydrogens (tertiary/aromatic N) is 5. The first-order valence-corrected chi connectivity index (χ1v) is 11.5. The van der Waals surface area contributed by atoms with Crippen molar-refractivity contribution in [1.29, 1.82) is 0 Å². The predicted octanol–water partition coefficient (Wildman–Crippen LogP) is 2.54. The Morgan fingerprint density at radius 3 is 2.68 bits per heavy atom. The van der Waals surface area contributed by atoms with Crippen molar-refractivity contribution in [3.63, 3.8) is 0 Å². The van der Waals surface area contributed by atoms with Crippen LogP contribution < -0.4 is 10.6 Å². The average Bonchev–Trinajstić information content (AvgIpc) is 3.40. The van der Waals surface area contributed by atoms with E-state index in [0.29, 0.717) is 6.54 Å². The highest BCUT2D eigenvalue weighted by Crippen LogP contribution is 2.26. The number of aryl methyl sites for hydroxylation is 1. The summed E-state index contributed by atoms with van der Waals surface area (Å²) in [5, 5.41) is 17.5. The van der Waals surface area contributed by atoms with Crippen molar-refractivity contribution >= 4 is 41.3 Å². The van der Waals surface area contributed by atoms with Crippen molar-refractivity contribution in [3.05, 3.63) is 34.0 Å². The molecule has 0 unspecified atom stereocenters. The van der Waals surface area contributed by atoms with Crippen LogP contribution in [0.3, 0.4) is 0 Å². The Morgan fingerprint density at radius 1 is 1.26 bits per heavy atom. The summed E-state index contributed by atoms with van der Waals surface area (Å²) in [7, 11) is 1.98. The van der Waals surface area contributed by atoms with E-state index in [1.54, 1.807) is 11.3 Å². The van der Waals surface area contributed by atoms with E-state index in [9.17, 15) is 0 Å². The summed E-state index contributed by atoms with van der Waals surface area (Å²) in [5.41, 5.74) is 0.0335.